The fourth-order valence-corrected chi connectivity index (χ4v) is 2.77. The van der Waals surface area contributed by atoms with E-state index in [0.717, 1.165) is 26.3 Å². The molecule has 1 fully saturated rings. The Labute approximate surface area is 146 Å². The Balaban J connectivity index is 1.43. The minimum Gasteiger partial charge on any atom is -0.461 e. The molecule has 1 aliphatic rings. The lowest BCUT2D eigenvalue weighted by Gasteiger charge is -2.40. The van der Waals surface area contributed by atoms with Crippen LogP contribution in [0.1, 0.15) is 26.2 Å². The highest BCUT2D eigenvalue weighted by Crippen LogP contribution is 2.17. The Bertz CT molecular complexity index is 675. The van der Waals surface area contributed by atoms with Crippen LogP contribution in [-0.2, 0) is 16.0 Å². The Morgan fingerprint density at radius 1 is 1.36 bits per heavy atom. The van der Waals surface area contributed by atoms with Crippen molar-refractivity contribution in [3.8, 4) is 11.6 Å². The van der Waals surface area contributed by atoms with Crippen molar-refractivity contribution in [1.82, 2.24) is 20.4 Å². The van der Waals surface area contributed by atoms with Crippen LogP contribution >= 0.6 is 0 Å². The molecule has 0 unspecified atom stereocenters. The summed E-state index contributed by atoms with van der Waals surface area (Å²) in [4.78, 5) is 18.7. The molecule has 1 N–H and O–H groups in total. The quantitative estimate of drug-likeness (QED) is 0.810. The van der Waals surface area contributed by atoms with Crippen LogP contribution in [0.15, 0.2) is 27.3 Å². The van der Waals surface area contributed by atoms with Crippen molar-refractivity contribution in [1.29, 1.82) is 0 Å². The van der Waals surface area contributed by atoms with E-state index in [9.17, 15) is 4.79 Å². The van der Waals surface area contributed by atoms with Crippen LogP contribution in [0.5, 0.6) is 0 Å². The van der Waals surface area contributed by atoms with Gasteiger partial charge in [0.1, 0.15) is 0 Å². The normalized spacial score (nSPS) is 16.1. The zero-order valence-corrected chi connectivity index (χ0v) is 14.7. The van der Waals surface area contributed by atoms with Crippen LogP contribution in [-0.4, -0.2) is 59.3 Å². The Morgan fingerprint density at radius 2 is 2.16 bits per heavy atom. The number of morpholine rings is 1. The van der Waals surface area contributed by atoms with Gasteiger partial charge in [0.05, 0.1) is 19.5 Å². The van der Waals surface area contributed by atoms with E-state index in [4.69, 9.17) is 13.7 Å². The molecule has 0 radical (unpaired) electrons. The minimum absolute atomic E-state index is 0.0286. The van der Waals surface area contributed by atoms with Crippen LogP contribution in [0.3, 0.4) is 0 Å². The Morgan fingerprint density at radius 3 is 2.88 bits per heavy atom. The SMILES string of the molecule is CC(C)(CNC(=O)CCc1nc(-c2ccco2)no1)N1CCOCC1. The number of hydrogen-bond acceptors (Lipinski definition) is 7. The standard InChI is InChI=1S/C17H24N4O4/c1-17(2,21-7-10-23-11-8-21)12-18-14(22)5-6-15-19-16(20-25-15)13-4-3-9-24-13/h3-4,9H,5-8,10-12H2,1-2H3,(H,18,22). The van der Waals surface area contributed by atoms with Crippen molar-refractivity contribution >= 4 is 5.91 Å². The molecule has 0 atom stereocenters. The Hall–Kier alpha value is -2.19. The lowest BCUT2D eigenvalue weighted by molar-refractivity contribution is -0.122. The highest BCUT2D eigenvalue weighted by molar-refractivity contribution is 5.76. The van der Waals surface area contributed by atoms with Gasteiger partial charge in [-0.3, -0.25) is 9.69 Å². The van der Waals surface area contributed by atoms with Crippen LogP contribution in [0, 0.1) is 0 Å². The summed E-state index contributed by atoms with van der Waals surface area (Å²) in [5.74, 6) is 1.34. The van der Waals surface area contributed by atoms with Crippen LogP contribution < -0.4 is 5.32 Å². The lowest BCUT2D eigenvalue weighted by Crippen LogP contribution is -2.55. The first kappa shape index (κ1) is 17.6. The summed E-state index contributed by atoms with van der Waals surface area (Å²) in [6.07, 6.45) is 2.26. The van der Waals surface area contributed by atoms with E-state index in [1.54, 1.807) is 18.4 Å². The third kappa shape index (κ3) is 4.67. The van der Waals surface area contributed by atoms with Crippen LogP contribution in [0.25, 0.3) is 11.6 Å². The number of ether oxygens (including phenoxy) is 1. The molecule has 2 aromatic heterocycles. The zero-order chi connectivity index (χ0) is 17.7. The maximum Gasteiger partial charge on any atom is 0.238 e. The second-order valence-electron chi connectivity index (χ2n) is 6.68. The molecule has 1 aliphatic heterocycles. The molecule has 136 valence electrons. The molecule has 8 heteroatoms. The molecule has 3 heterocycles. The summed E-state index contributed by atoms with van der Waals surface area (Å²) in [6, 6.07) is 3.52. The smallest absolute Gasteiger partial charge is 0.238 e. The molecular weight excluding hydrogens is 324 g/mol. The summed E-state index contributed by atoms with van der Waals surface area (Å²) >= 11 is 0. The van der Waals surface area contributed by atoms with Crippen molar-refractivity contribution in [3.63, 3.8) is 0 Å². The van der Waals surface area contributed by atoms with Gasteiger partial charge in [0.25, 0.3) is 0 Å². The monoisotopic (exact) mass is 348 g/mol. The minimum atomic E-state index is -0.101. The first-order chi connectivity index (χ1) is 12.0. The van der Waals surface area contributed by atoms with E-state index < -0.39 is 0 Å². The van der Waals surface area contributed by atoms with E-state index in [1.807, 2.05) is 0 Å². The zero-order valence-electron chi connectivity index (χ0n) is 14.7. The van der Waals surface area contributed by atoms with Crippen molar-refractivity contribution in [2.75, 3.05) is 32.8 Å². The molecule has 25 heavy (non-hydrogen) atoms. The fourth-order valence-electron chi connectivity index (χ4n) is 2.77. The first-order valence-corrected chi connectivity index (χ1v) is 8.50. The number of hydrogen-bond donors (Lipinski definition) is 1. The molecular formula is C17H24N4O4. The first-order valence-electron chi connectivity index (χ1n) is 8.50. The average molecular weight is 348 g/mol. The van der Waals surface area contributed by atoms with Gasteiger partial charge in [0.2, 0.25) is 17.6 Å². The maximum absolute atomic E-state index is 12.1. The van der Waals surface area contributed by atoms with Gasteiger partial charge in [0, 0.05) is 38.0 Å². The molecule has 0 bridgehead atoms. The molecule has 0 aromatic carbocycles. The average Bonchev–Trinajstić information content (AvgIpc) is 3.30. The van der Waals surface area contributed by atoms with Crippen molar-refractivity contribution in [3.05, 3.63) is 24.3 Å². The van der Waals surface area contributed by atoms with Gasteiger partial charge in [-0.25, -0.2) is 0 Å². The highest BCUT2D eigenvalue weighted by atomic mass is 16.5. The van der Waals surface area contributed by atoms with E-state index in [2.05, 4.69) is 34.2 Å². The number of amides is 1. The van der Waals surface area contributed by atoms with Gasteiger partial charge in [-0.15, -0.1) is 0 Å². The van der Waals surface area contributed by atoms with Crippen molar-refractivity contribution < 1.29 is 18.5 Å². The lowest BCUT2D eigenvalue weighted by atomic mass is 10.0. The molecule has 0 spiro atoms. The van der Waals surface area contributed by atoms with Gasteiger partial charge in [0.15, 0.2) is 5.76 Å². The predicted molar refractivity (Wildman–Crippen MR) is 89.8 cm³/mol. The van der Waals surface area contributed by atoms with Gasteiger partial charge < -0.3 is 19.0 Å². The number of carbonyl (C=O) groups is 1. The Kier molecular flexibility index (Phi) is 5.50. The summed E-state index contributed by atoms with van der Waals surface area (Å²) in [5.41, 5.74) is -0.101. The fraction of sp³-hybridized carbons (Fsp3) is 0.588. The molecule has 3 rings (SSSR count). The van der Waals surface area contributed by atoms with Crippen molar-refractivity contribution in [2.24, 2.45) is 0 Å². The number of rotatable bonds is 7. The number of nitrogens with one attached hydrogen (secondary N) is 1. The molecule has 1 saturated heterocycles. The van der Waals surface area contributed by atoms with E-state index in [-0.39, 0.29) is 11.4 Å². The topological polar surface area (TPSA) is 93.6 Å². The third-order valence-electron chi connectivity index (χ3n) is 4.36. The van der Waals surface area contributed by atoms with Gasteiger partial charge in [-0.1, -0.05) is 5.16 Å². The number of aryl methyl sites for hydroxylation is 1. The molecule has 1 amide bonds. The number of carbonyl (C=O) groups excluding carboxylic acids is 1. The summed E-state index contributed by atoms with van der Waals surface area (Å²) in [7, 11) is 0. The number of furan rings is 1. The summed E-state index contributed by atoms with van der Waals surface area (Å²) in [5, 5.41) is 6.85. The summed E-state index contributed by atoms with van der Waals surface area (Å²) in [6.45, 7) is 8.12. The largest absolute Gasteiger partial charge is 0.461 e. The molecule has 0 saturated carbocycles. The maximum atomic E-state index is 12.1. The number of aromatic nitrogens is 2. The number of nitrogens with zero attached hydrogens (tertiary/aromatic N) is 3. The third-order valence-corrected chi connectivity index (χ3v) is 4.36. The predicted octanol–water partition coefficient (Wildman–Crippen LogP) is 1.49. The highest BCUT2D eigenvalue weighted by Gasteiger charge is 2.28. The molecule has 2 aromatic rings. The van der Waals surface area contributed by atoms with E-state index in [1.165, 1.54) is 0 Å². The van der Waals surface area contributed by atoms with E-state index >= 15 is 0 Å². The van der Waals surface area contributed by atoms with Crippen LogP contribution in [0.4, 0.5) is 0 Å². The second-order valence-corrected chi connectivity index (χ2v) is 6.68. The van der Waals surface area contributed by atoms with Gasteiger partial charge in [-0.2, -0.15) is 4.98 Å². The van der Waals surface area contributed by atoms with Gasteiger partial charge in [-0.05, 0) is 26.0 Å². The second kappa shape index (κ2) is 7.79. The van der Waals surface area contributed by atoms with E-state index in [0.29, 0.717) is 36.9 Å². The van der Waals surface area contributed by atoms with Gasteiger partial charge >= 0.3 is 0 Å². The molecule has 0 aliphatic carbocycles. The summed E-state index contributed by atoms with van der Waals surface area (Å²) < 4.78 is 15.7. The van der Waals surface area contributed by atoms with Crippen LogP contribution in [0.2, 0.25) is 0 Å². The molecule has 8 nitrogen and oxygen atoms in total. The van der Waals surface area contributed by atoms with Crippen molar-refractivity contribution in [2.45, 2.75) is 32.2 Å².